The zero-order chi connectivity index (χ0) is 15.7. The van der Waals surface area contributed by atoms with E-state index in [0.29, 0.717) is 12.0 Å². The third-order valence-electron chi connectivity index (χ3n) is 4.69. The Bertz CT molecular complexity index is 645. The van der Waals surface area contributed by atoms with Gasteiger partial charge in [0.05, 0.1) is 6.04 Å². The minimum absolute atomic E-state index is 0.399. The molecule has 22 heavy (non-hydrogen) atoms. The van der Waals surface area contributed by atoms with E-state index < -0.39 is 0 Å². The molecule has 1 aliphatic heterocycles. The van der Waals surface area contributed by atoms with E-state index in [1.54, 1.807) is 0 Å². The van der Waals surface area contributed by atoms with Gasteiger partial charge in [-0.25, -0.2) is 0 Å². The van der Waals surface area contributed by atoms with E-state index in [2.05, 4.69) is 62.0 Å². The van der Waals surface area contributed by atoms with E-state index in [4.69, 9.17) is 4.52 Å². The molecule has 1 aliphatic rings. The molecule has 1 saturated heterocycles. The van der Waals surface area contributed by atoms with Crippen molar-refractivity contribution < 1.29 is 4.52 Å². The first-order valence-corrected chi connectivity index (χ1v) is 8.31. The van der Waals surface area contributed by atoms with Gasteiger partial charge >= 0.3 is 0 Å². The lowest BCUT2D eigenvalue weighted by molar-refractivity contribution is 0.235. The molecule has 2 aromatic rings. The molecule has 1 atom stereocenters. The fourth-order valence-corrected chi connectivity index (χ4v) is 3.33. The molecule has 0 saturated carbocycles. The van der Waals surface area contributed by atoms with E-state index in [-0.39, 0.29) is 0 Å². The fourth-order valence-electron chi connectivity index (χ4n) is 3.33. The highest BCUT2D eigenvalue weighted by molar-refractivity contribution is 5.30. The van der Waals surface area contributed by atoms with Crippen molar-refractivity contribution >= 4 is 0 Å². The van der Waals surface area contributed by atoms with Gasteiger partial charge in [0, 0.05) is 18.5 Å². The van der Waals surface area contributed by atoms with Crippen LogP contribution in [0.15, 0.2) is 28.8 Å². The van der Waals surface area contributed by atoms with E-state index in [0.717, 1.165) is 24.5 Å². The first-order valence-electron chi connectivity index (χ1n) is 8.31. The van der Waals surface area contributed by atoms with Crippen LogP contribution in [0.3, 0.4) is 0 Å². The SMILES string of the molecule is Cc1ccc(CN2CCC[C@@H]2c2cc(C(C)C)on2)c(C)c1. The normalized spacial score (nSPS) is 19.2. The molecule has 3 heteroatoms. The summed E-state index contributed by atoms with van der Waals surface area (Å²) in [7, 11) is 0. The number of likely N-dealkylation sites (tertiary alicyclic amines) is 1. The molecule has 2 heterocycles. The third kappa shape index (κ3) is 3.09. The Kier molecular flexibility index (Phi) is 4.34. The van der Waals surface area contributed by atoms with Crippen molar-refractivity contribution in [1.82, 2.24) is 10.1 Å². The Morgan fingerprint density at radius 3 is 2.77 bits per heavy atom. The minimum atomic E-state index is 0.399. The minimum Gasteiger partial charge on any atom is -0.361 e. The lowest BCUT2D eigenvalue weighted by atomic mass is 10.0. The topological polar surface area (TPSA) is 29.3 Å². The van der Waals surface area contributed by atoms with Crippen molar-refractivity contribution in [3.8, 4) is 0 Å². The molecule has 0 aliphatic carbocycles. The van der Waals surface area contributed by atoms with Crippen molar-refractivity contribution in [2.45, 2.75) is 59.0 Å². The second kappa shape index (κ2) is 6.25. The molecule has 118 valence electrons. The summed E-state index contributed by atoms with van der Waals surface area (Å²) in [5.41, 5.74) is 5.24. The van der Waals surface area contributed by atoms with E-state index in [1.807, 2.05) is 0 Å². The lowest BCUT2D eigenvalue weighted by Crippen LogP contribution is -2.23. The van der Waals surface area contributed by atoms with E-state index in [9.17, 15) is 0 Å². The quantitative estimate of drug-likeness (QED) is 0.815. The van der Waals surface area contributed by atoms with Crippen LogP contribution < -0.4 is 0 Å². The van der Waals surface area contributed by atoms with Crippen LogP contribution >= 0.6 is 0 Å². The van der Waals surface area contributed by atoms with Crippen LogP contribution in [0.2, 0.25) is 0 Å². The van der Waals surface area contributed by atoms with Gasteiger partial charge in [0.25, 0.3) is 0 Å². The summed E-state index contributed by atoms with van der Waals surface area (Å²) in [5, 5.41) is 4.33. The zero-order valence-electron chi connectivity index (χ0n) is 14.1. The summed E-state index contributed by atoms with van der Waals surface area (Å²) in [6.07, 6.45) is 2.41. The predicted molar refractivity (Wildman–Crippen MR) is 88.9 cm³/mol. The third-order valence-corrected chi connectivity index (χ3v) is 4.69. The predicted octanol–water partition coefficient (Wildman–Crippen LogP) is 4.75. The molecule has 1 fully saturated rings. The number of aryl methyl sites for hydroxylation is 2. The molecule has 0 amide bonds. The number of aromatic nitrogens is 1. The van der Waals surface area contributed by atoms with Gasteiger partial charge in [-0.15, -0.1) is 0 Å². The van der Waals surface area contributed by atoms with Gasteiger partial charge < -0.3 is 4.52 Å². The molecular formula is C19H26N2O. The molecule has 0 bridgehead atoms. The second-order valence-corrected chi connectivity index (χ2v) is 6.87. The number of benzene rings is 1. The van der Waals surface area contributed by atoms with E-state index >= 15 is 0 Å². The highest BCUT2D eigenvalue weighted by Crippen LogP contribution is 2.34. The highest BCUT2D eigenvalue weighted by Gasteiger charge is 2.29. The van der Waals surface area contributed by atoms with Crippen molar-refractivity contribution in [2.24, 2.45) is 0 Å². The molecule has 0 spiro atoms. The molecule has 0 unspecified atom stereocenters. The smallest absolute Gasteiger partial charge is 0.139 e. The Balaban J connectivity index is 1.77. The summed E-state index contributed by atoms with van der Waals surface area (Å²) < 4.78 is 5.50. The molecule has 1 aromatic heterocycles. The van der Waals surface area contributed by atoms with Gasteiger partial charge in [-0.05, 0) is 44.4 Å². The van der Waals surface area contributed by atoms with Crippen LogP contribution in [0.4, 0.5) is 0 Å². The van der Waals surface area contributed by atoms with Crippen LogP contribution in [0.25, 0.3) is 0 Å². The van der Waals surface area contributed by atoms with Crippen LogP contribution in [-0.2, 0) is 6.54 Å². The standard InChI is InChI=1S/C19H26N2O/c1-13(2)19-11-17(20-22-19)18-6-5-9-21(18)12-16-8-7-14(3)10-15(16)4/h7-8,10-11,13,18H,5-6,9,12H2,1-4H3/t18-/m1/s1. The summed E-state index contributed by atoms with van der Waals surface area (Å²) >= 11 is 0. The van der Waals surface area contributed by atoms with Crippen LogP contribution in [-0.4, -0.2) is 16.6 Å². The van der Waals surface area contributed by atoms with Crippen molar-refractivity contribution in [1.29, 1.82) is 0 Å². The monoisotopic (exact) mass is 298 g/mol. The zero-order valence-corrected chi connectivity index (χ0v) is 14.1. The van der Waals surface area contributed by atoms with Crippen molar-refractivity contribution in [3.05, 3.63) is 52.4 Å². The molecule has 0 radical (unpaired) electrons. The second-order valence-electron chi connectivity index (χ2n) is 6.87. The average Bonchev–Trinajstić information content (AvgIpc) is 3.10. The molecule has 3 nitrogen and oxygen atoms in total. The summed E-state index contributed by atoms with van der Waals surface area (Å²) in [6.45, 7) is 10.8. The van der Waals surface area contributed by atoms with Gasteiger partial charge in [0.2, 0.25) is 0 Å². The molecule has 3 rings (SSSR count). The molecule has 0 N–H and O–H groups in total. The molecule has 1 aromatic carbocycles. The van der Waals surface area contributed by atoms with Gasteiger partial charge in [0.15, 0.2) is 0 Å². The first kappa shape index (κ1) is 15.3. The lowest BCUT2D eigenvalue weighted by Gasteiger charge is -2.23. The van der Waals surface area contributed by atoms with Gasteiger partial charge in [-0.1, -0.05) is 42.8 Å². The van der Waals surface area contributed by atoms with Gasteiger partial charge in [-0.2, -0.15) is 0 Å². The fraction of sp³-hybridized carbons (Fsp3) is 0.526. The number of rotatable bonds is 4. The van der Waals surface area contributed by atoms with Gasteiger partial charge in [-0.3, -0.25) is 4.90 Å². The van der Waals surface area contributed by atoms with Crippen LogP contribution in [0.5, 0.6) is 0 Å². The first-order chi connectivity index (χ1) is 10.5. The van der Waals surface area contributed by atoms with Crippen LogP contribution in [0, 0.1) is 13.8 Å². The van der Waals surface area contributed by atoms with Crippen LogP contribution in [0.1, 0.15) is 66.8 Å². The number of hydrogen-bond acceptors (Lipinski definition) is 3. The number of nitrogens with zero attached hydrogens (tertiary/aromatic N) is 2. The van der Waals surface area contributed by atoms with Gasteiger partial charge in [0.1, 0.15) is 11.5 Å². The Labute approximate surface area is 133 Å². The summed E-state index contributed by atoms with van der Waals surface area (Å²) in [6, 6.07) is 9.29. The van der Waals surface area contributed by atoms with E-state index in [1.165, 1.54) is 29.5 Å². The maximum atomic E-state index is 5.50. The number of hydrogen-bond donors (Lipinski definition) is 0. The van der Waals surface area contributed by atoms with Crippen molar-refractivity contribution in [2.75, 3.05) is 6.54 Å². The average molecular weight is 298 g/mol. The Hall–Kier alpha value is -1.61. The Morgan fingerprint density at radius 1 is 1.27 bits per heavy atom. The summed E-state index contributed by atoms with van der Waals surface area (Å²) in [4.78, 5) is 2.54. The molecular weight excluding hydrogens is 272 g/mol. The maximum Gasteiger partial charge on any atom is 0.139 e. The maximum absolute atomic E-state index is 5.50. The Morgan fingerprint density at radius 2 is 2.09 bits per heavy atom. The van der Waals surface area contributed by atoms with Crippen molar-refractivity contribution in [3.63, 3.8) is 0 Å². The summed E-state index contributed by atoms with van der Waals surface area (Å²) in [5.74, 6) is 1.39. The highest BCUT2D eigenvalue weighted by atomic mass is 16.5. The largest absolute Gasteiger partial charge is 0.361 e.